The number of hydrogen-bond donors (Lipinski definition) is 1. The van der Waals surface area contributed by atoms with Crippen LogP contribution in [0.5, 0.6) is 5.75 Å². The average Bonchev–Trinajstić information content (AvgIpc) is 3.16. The van der Waals surface area contributed by atoms with Gasteiger partial charge in [-0.15, -0.1) is 11.3 Å². The van der Waals surface area contributed by atoms with Gasteiger partial charge in [-0.2, -0.15) is 0 Å². The highest BCUT2D eigenvalue weighted by Crippen LogP contribution is 2.26. The zero-order valence-electron chi connectivity index (χ0n) is 15.6. The first-order valence-electron chi connectivity index (χ1n) is 8.75. The number of carbonyl (C=O) groups excluding carboxylic acids is 1. The van der Waals surface area contributed by atoms with Crippen LogP contribution in [0.3, 0.4) is 0 Å². The summed E-state index contributed by atoms with van der Waals surface area (Å²) in [4.78, 5) is 16.8. The molecule has 0 bridgehead atoms. The smallest absolute Gasteiger partial charge is 0.226 e. The minimum atomic E-state index is -3.44. The van der Waals surface area contributed by atoms with Crippen molar-refractivity contribution in [1.29, 1.82) is 0 Å². The molecule has 0 aliphatic heterocycles. The van der Waals surface area contributed by atoms with E-state index in [1.807, 2.05) is 29.6 Å². The Morgan fingerprint density at radius 2 is 1.83 bits per heavy atom. The number of ether oxygens (including phenoxy) is 1. The van der Waals surface area contributed by atoms with Gasteiger partial charge in [0.2, 0.25) is 5.91 Å². The van der Waals surface area contributed by atoms with E-state index in [1.54, 1.807) is 12.1 Å². The molecule has 0 atom stereocenters. The van der Waals surface area contributed by atoms with Gasteiger partial charge in [0.1, 0.15) is 5.75 Å². The van der Waals surface area contributed by atoms with Crippen LogP contribution in [-0.2, 0) is 14.6 Å². The van der Waals surface area contributed by atoms with E-state index in [9.17, 15) is 13.2 Å². The predicted octanol–water partition coefficient (Wildman–Crippen LogP) is 4.77. The fraction of sp³-hybridized carbons (Fsp3) is 0.200. The minimum Gasteiger partial charge on any atom is -0.497 e. The standard InChI is InChI=1S/C20H19BrN2O4S2/c1-27-16-8-10-17(11-9-16)29(25,26)12-2-3-19(24)23-20-22-18(13-28-20)14-4-6-15(21)7-5-14/h4-11,13H,2-3,12H2,1H3,(H,22,23,24). The highest BCUT2D eigenvalue weighted by molar-refractivity contribution is 9.10. The summed E-state index contributed by atoms with van der Waals surface area (Å²) in [6, 6.07) is 14.0. The predicted molar refractivity (Wildman–Crippen MR) is 118 cm³/mol. The second kappa shape index (κ2) is 9.51. The highest BCUT2D eigenvalue weighted by atomic mass is 79.9. The van der Waals surface area contributed by atoms with Crippen LogP contribution in [0.2, 0.25) is 0 Å². The second-order valence-electron chi connectivity index (χ2n) is 6.19. The first kappa shape index (κ1) is 21.5. The number of sulfone groups is 1. The van der Waals surface area contributed by atoms with Gasteiger partial charge in [-0.1, -0.05) is 28.1 Å². The van der Waals surface area contributed by atoms with Gasteiger partial charge in [-0.05, 0) is 42.8 Å². The number of carbonyl (C=O) groups is 1. The first-order chi connectivity index (χ1) is 13.9. The van der Waals surface area contributed by atoms with E-state index >= 15 is 0 Å². The van der Waals surface area contributed by atoms with Crippen LogP contribution in [0.1, 0.15) is 12.8 Å². The molecule has 29 heavy (non-hydrogen) atoms. The number of benzene rings is 2. The van der Waals surface area contributed by atoms with Crippen LogP contribution in [-0.4, -0.2) is 32.2 Å². The largest absolute Gasteiger partial charge is 0.497 e. The van der Waals surface area contributed by atoms with Crippen LogP contribution in [0.25, 0.3) is 11.3 Å². The Morgan fingerprint density at radius 1 is 1.14 bits per heavy atom. The Kier molecular flexibility index (Phi) is 7.05. The number of anilines is 1. The van der Waals surface area contributed by atoms with E-state index in [2.05, 4.69) is 26.2 Å². The molecular formula is C20H19BrN2O4S2. The number of aromatic nitrogens is 1. The van der Waals surface area contributed by atoms with Crippen molar-refractivity contribution in [1.82, 2.24) is 4.98 Å². The van der Waals surface area contributed by atoms with E-state index < -0.39 is 9.84 Å². The van der Waals surface area contributed by atoms with Crippen LogP contribution in [0.4, 0.5) is 5.13 Å². The number of nitrogens with one attached hydrogen (secondary N) is 1. The number of halogens is 1. The Balaban J connectivity index is 1.51. The van der Waals surface area contributed by atoms with Crippen molar-refractivity contribution >= 4 is 48.1 Å². The Labute approximate surface area is 182 Å². The third-order valence-electron chi connectivity index (χ3n) is 4.13. The van der Waals surface area contributed by atoms with Crippen LogP contribution in [0.15, 0.2) is 63.3 Å². The molecule has 152 valence electrons. The Bertz CT molecular complexity index is 1080. The molecule has 0 fully saturated rings. The number of amides is 1. The van der Waals surface area contributed by atoms with Crippen LogP contribution in [0, 0.1) is 0 Å². The fourth-order valence-corrected chi connectivity index (χ4v) is 4.90. The molecule has 0 spiro atoms. The molecule has 0 unspecified atom stereocenters. The number of thiazole rings is 1. The van der Waals surface area contributed by atoms with E-state index in [1.165, 1.54) is 30.6 Å². The van der Waals surface area contributed by atoms with Crippen LogP contribution >= 0.6 is 27.3 Å². The summed E-state index contributed by atoms with van der Waals surface area (Å²) >= 11 is 4.72. The highest BCUT2D eigenvalue weighted by Gasteiger charge is 2.16. The monoisotopic (exact) mass is 494 g/mol. The third-order valence-corrected chi connectivity index (χ3v) is 7.23. The van der Waals surface area contributed by atoms with Crippen molar-refractivity contribution in [2.75, 3.05) is 18.2 Å². The van der Waals surface area contributed by atoms with Crippen molar-refractivity contribution in [2.45, 2.75) is 17.7 Å². The molecule has 1 heterocycles. The van der Waals surface area contributed by atoms with E-state index in [-0.39, 0.29) is 29.4 Å². The van der Waals surface area contributed by atoms with Crippen molar-refractivity contribution < 1.29 is 17.9 Å². The third kappa shape index (κ3) is 5.88. The molecule has 6 nitrogen and oxygen atoms in total. The summed E-state index contributed by atoms with van der Waals surface area (Å²) in [5, 5.41) is 5.09. The first-order valence-corrected chi connectivity index (χ1v) is 12.1. The number of hydrogen-bond acceptors (Lipinski definition) is 6. The van der Waals surface area contributed by atoms with Gasteiger partial charge < -0.3 is 10.1 Å². The maximum Gasteiger partial charge on any atom is 0.226 e. The number of nitrogens with zero attached hydrogens (tertiary/aromatic N) is 1. The molecule has 0 aliphatic carbocycles. The Hall–Kier alpha value is -2.23. The van der Waals surface area contributed by atoms with Gasteiger partial charge in [-0.3, -0.25) is 4.79 Å². The lowest BCUT2D eigenvalue weighted by molar-refractivity contribution is -0.116. The SMILES string of the molecule is COc1ccc(S(=O)(=O)CCCC(=O)Nc2nc(-c3ccc(Br)cc3)cs2)cc1. The quantitative estimate of drug-likeness (QED) is 0.487. The topological polar surface area (TPSA) is 85.4 Å². The van der Waals surface area contributed by atoms with E-state index in [0.29, 0.717) is 10.9 Å². The van der Waals surface area contributed by atoms with Gasteiger partial charge in [0, 0.05) is 21.8 Å². The molecular weight excluding hydrogens is 476 g/mol. The lowest BCUT2D eigenvalue weighted by atomic mass is 10.2. The summed E-state index contributed by atoms with van der Waals surface area (Å²) in [7, 11) is -1.92. The average molecular weight is 495 g/mol. The van der Waals surface area contributed by atoms with E-state index in [4.69, 9.17) is 4.74 Å². The van der Waals surface area contributed by atoms with Crippen LogP contribution < -0.4 is 10.1 Å². The van der Waals surface area contributed by atoms with Gasteiger partial charge in [0.25, 0.3) is 0 Å². The Morgan fingerprint density at radius 3 is 2.48 bits per heavy atom. The maximum absolute atomic E-state index is 12.4. The summed E-state index contributed by atoms with van der Waals surface area (Å²) < 4.78 is 30.8. The lowest BCUT2D eigenvalue weighted by Gasteiger charge is -2.06. The molecule has 3 aromatic rings. The van der Waals surface area contributed by atoms with Crippen molar-refractivity contribution in [3.05, 3.63) is 58.4 Å². The second-order valence-corrected chi connectivity index (χ2v) is 10.1. The number of methoxy groups -OCH3 is 1. The summed E-state index contributed by atoms with van der Waals surface area (Å²) in [5.41, 5.74) is 1.73. The molecule has 0 saturated carbocycles. The molecule has 1 amide bonds. The van der Waals surface area contributed by atoms with Crippen molar-refractivity contribution in [3.63, 3.8) is 0 Å². The molecule has 0 radical (unpaired) electrons. The van der Waals surface area contributed by atoms with Gasteiger partial charge in [0.05, 0.1) is 23.5 Å². The fourth-order valence-electron chi connectivity index (χ4n) is 2.59. The van der Waals surface area contributed by atoms with Gasteiger partial charge in [0.15, 0.2) is 15.0 Å². The van der Waals surface area contributed by atoms with Crippen molar-refractivity contribution in [3.8, 4) is 17.0 Å². The van der Waals surface area contributed by atoms with Crippen molar-refractivity contribution in [2.24, 2.45) is 0 Å². The summed E-state index contributed by atoms with van der Waals surface area (Å²) in [6.45, 7) is 0. The number of rotatable bonds is 8. The lowest BCUT2D eigenvalue weighted by Crippen LogP contribution is -2.14. The van der Waals surface area contributed by atoms with E-state index in [0.717, 1.165) is 15.7 Å². The zero-order valence-corrected chi connectivity index (χ0v) is 18.8. The minimum absolute atomic E-state index is 0.0998. The van der Waals surface area contributed by atoms with Gasteiger partial charge in [-0.25, -0.2) is 13.4 Å². The molecule has 2 aromatic carbocycles. The molecule has 1 N–H and O–H groups in total. The molecule has 1 aromatic heterocycles. The zero-order chi connectivity index (χ0) is 20.9. The molecule has 3 rings (SSSR count). The maximum atomic E-state index is 12.4. The molecule has 0 saturated heterocycles. The summed E-state index contributed by atoms with van der Waals surface area (Å²) in [5.74, 6) is 0.232. The molecule has 0 aliphatic rings. The summed E-state index contributed by atoms with van der Waals surface area (Å²) in [6.07, 6.45) is 0.327. The molecule has 9 heteroatoms. The van der Waals surface area contributed by atoms with Gasteiger partial charge >= 0.3 is 0 Å². The normalized spacial score (nSPS) is 11.2.